The molecule has 142 valence electrons. The van der Waals surface area contributed by atoms with Crippen LogP contribution in [0.5, 0.6) is 0 Å². The number of piperazine rings is 1. The van der Waals surface area contributed by atoms with Crippen molar-refractivity contribution in [3.63, 3.8) is 0 Å². The molecule has 1 aromatic carbocycles. The minimum Gasteiger partial charge on any atom is -0.450 e. The average molecular weight is 381 g/mol. The SMILES string of the molecule is CCOC(=O)N1CCN(C(=O)c2cccc(N3CCCS3(=O)=O)c2)CC1. The molecule has 3 rings (SSSR count). The monoisotopic (exact) mass is 381 g/mol. The van der Waals surface area contributed by atoms with E-state index in [2.05, 4.69) is 0 Å². The van der Waals surface area contributed by atoms with Crippen molar-refractivity contribution >= 4 is 27.7 Å². The van der Waals surface area contributed by atoms with Crippen LogP contribution in [0.15, 0.2) is 24.3 Å². The average Bonchev–Trinajstić information content (AvgIpc) is 3.00. The Labute approximate surface area is 153 Å². The third-order valence-corrected chi connectivity index (χ3v) is 6.44. The van der Waals surface area contributed by atoms with E-state index >= 15 is 0 Å². The summed E-state index contributed by atoms with van der Waals surface area (Å²) in [5, 5.41) is 0. The molecule has 9 heteroatoms. The third kappa shape index (κ3) is 3.77. The number of hydrogen-bond donors (Lipinski definition) is 0. The molecule has 8 nitrogen and oxygen atoms in total. The number of carbonyl (C=O) groups excluding carboxylic acids is 2. The number of hydrogen-bond acceptors (Lipinski definition) is 5. The highest BCUT2D eigenvalue weighted by Crippen LogP contribution is 2.25. The Bertz CT molecular complexity index is 787. The Morgan fingerprint density at radius 3 is 2.38 bits per heavy atom. The number of ether oxygens (including phenoxy) is 1. The lowest BCUT2D eigenvalue weighted by atomic mass is 10.1. The van der Waals surface area contributed by atoms with Crippen molar-refractivity contribution in [3.05, 3.63) is 29.8 Å². The summed E-state index contributed by atoms with van der Waals surface area (Å²) in [7, 11) is -3.28. The summed E-state index contributed by atoms with van der Waals surface area (Å²) in [5.74, 6) is -0.0204. The molecule has 0 aromatic heterocycles. The number of amides is 2. The van der Waals surface area contributed by atoms with Crippen LogP contribution in [0.3, 0.4) is 0 Å². The second kappa shape index (κ2) is 7.53. The molecule has 0 radical (unpaired) electrons. The quantitative estimate of drug-likeness (QED) is 0.784. The van der Waals surface area contributed by atoms with Gasteiger partial charge in [0.15, 0.2) is 0 Å². The maximum Gasteiger partial charge on any atom is 0.409 e. The van der Waals surface area contributed by atoms with Crippen LogP contribution in [0.2, 0.25) is 0 Å². The molecule has 0 bridgehead atoms. The number of anilines is 1. The van der Waals surface area contributed by atoms with E-state index in [1.807, 2.05) is 0 Å². The van der Waals surface area contributed by atoms with Crippen molar-refractivity contribution in [3.8, 4) is 0 Å². The smallest absolute Gasteiger partial charge is 0.409 e. The van der Waals surface area contributed by atoms with Crippen LogP contribution in [0, 0.1) is 0 Å². The lowest BCUT2D eigenvalue weighted by Crippen LogP contribution is -2.50. The van der Waals surface area contributed by atoms with Gasteiger partial charge in [-0.05, 0) is 31.5 Å². The van der Waals surface area contributed by atoms with Gasteiger partial charge in [0.05, 0.1) is 18.0 Å². The van der Waals surface area contributed by atoms with E-state index in [-0.39, 0.29) is 17.8 Å². The molecule has 2 amide bonds. The predicted octanol–water partition coefficient (Wildman–Crippen LogP) is 1.14. The van der Waals surface area contributed by atoms with Crippen LogP contribution in [0.1, 0.15) is 23.7 Å². The molecule has 0 aliphatic carbocycles. The molecule has 2 aliphatic rings. The predicted molar refractivity (Wildman–Crippen MR) is 96.7 cm³/mol. The number of carbonyl (C=O) groups is 2. The highest BCUT2D eigenvalue weighted by Gasteiger charge is 2.30. The van der Waals surface area contributed by atoms with Crippen molar-refractivity contribution in [2.75, 3.05) is 49.4 Å². The van der Waals surface area contributed by atoms with Crippen LogP contribution < -0.4 is 4.31 Å². The second-order valence-corrected chi connectivity index (χ2v) is 8.28. The van der Waals surface area contributed by atoms with E-state index in [9.17, 15) is 18.0 Å². The minimum absolute atomic E-state index is 0.140. The van der Waals surface area contributed by atoms with E-state index in [4.69, 9.17) is 4.74 Å². The van der Waals surface area contributed by atoms with Gasteiger partial charge in [-0.25, -0.2) is 13.2 Å². The van der Waals surface area contributed by atoms with Crippen molar-refractivity contribution in [1.29, 1.82) is 0 Å². The Kier molecular flexibility index (Phi) is 5.36. The topological polar surface area (TPSA) is 87.2 Å². The van der Waals surface area contributed by atoms with Gasteiger partial charge in [-0.3, -0.25) is 9.10 Å². The Morgan fingerprint density at radius 1 is 1.08 bits per heavy atom. The zero-order chi connectivity index (χ0) is 18.7. The number of sulfonamides is 1. The number of nitrogens with zero attached hydrogens (tertiary/aromatic N) is 3. The number of rotatable bonds is 3. The molecule has 26 heavy (non-hydrogen) atoms. The summed E-state index contributed by atoms with van der Waals surface area (Å²) in [6.45, 7) is 4.21. The molecule has 2 fully saturated rings. The summed E-state index contributed by atoms with van der Waals surface area (Å²) < 4.78 is 30.5. The van der Waals surface area contributed by atoms with E-state index < -0.39 is 10.0 Å². The fourth-order valence-corrected chi connectivity index (χ4v) is 4.77. The first-order chi connectivity index (χ1) is 12.4. The standard InChI is InChI=1S/C17H23N3O5S/c1-2-25-17(22)19-10-8-18(9-11-19)16(21)14-5-3-6-15(13-14)20-7-4-12-26(20,23)24/h3,5-6,13H,2,4,7-12H2,1H3. The van der Waals surface area contributed by atoms with E-state index in [0.717, 1.165) is 0 Å². The normalized spacial score (nSPS) is 19.5. The van der Waals surface area contributed by atoms with Crippen LogP contribution >= 0.6 is 0 Å². The van der Waals surface area contributed by atoms with Gasteiger partial charge >= 0.3 is 6.09 Å². The first-order valence-electron chi connectivity index (χ1n) is 8.74. The maximum atomic E-state index is 12.8. The van der Waals surface area contributed by atoms with Gasteiger partial charge < -0.3 is 14.5 Å². The van der Waals surface area contributed by atoms with Crippen molar-refractivity contribution in [2.45, 2.75) is 13.3 Å². The number of benzene rings is 1. The fraction of sp³-hybridized carbons (Fsp3) is 0.529. The zero-order valence-corrected chi connectivity index (χ0v) is 15.6. The molecule has 2 saturated heterocycles. The van der Waals surface area contributed by atoms with Crippen LogP contribution in [-0.4, -0.2) is 75.3 Å². The summed E-state index contributed by atoms with van der Waals surface area (Å²) in [5.41, 5.74) is 0.979. The molecular weight excluding hydrogens is 358 g/mol. The van der Waals surface area contributed by atoms with Crippen molar-refractivity contribution in [2.24, 2.45) is 0 Å². The summed E-state index contributed by atoms with van der Waals surface area (Å²) in [4.78, 5) is 27.7. The van der Waals surface area contributed by atoms with Gasteiger partial charge in [0.25, 0.3) is 5.91 Å². The largest absolute Gasteiger partial charge is 0.450 e. The van der Waals surface area contributed by atoms with Gasteiger partial charge in [-0.15, -0.1) is 0 Å². The van der Waals surface area contributed by atoms with Gasteiger partial charge in [0, 0.05) is 38.3 Å². The summed E-state index contributed by atoms with van der Waals surface area (Å²) in [6, 6.07) is 6.72. The fourth-order valence-electron chi connectivity index (χ4n) is 3.21. The molecule has 1 aromatic rings. The maximum absolute atomic E-state index is 12.8. The molecule has 0 saturated carbocycles. The summed E-state index contributed by atoms with van der Waals surface area (Å²) >= 11 is 0. The molecule has 0 unspecified atom stereocenters. The minimum atomic E-state index is -3.28. The van der Waals surface area contributed by atoms with Gasteiger partial charge in [0.1, 0.15) is 0 Å². The lowest BCUT2D eigenvalue weighted by Gasteiger charge is -2.34. The lowest BCUT2D eigenvalue weighted by molar-refractivity contribution is 0.0570. The zero-order valence-electron chi connectivity index (χ0n) is 14.8. The van der Waals surface area contributed by atoms with Crippen LogP contribution in [0.25, 0.3) is 0 Å². The third-order valence-electron chi connectivity index (χ3n) is 4.57. The molecule has 0 spiro atoms. The molecule has 2 aliphatic heterocycles. The van der Waals surface area contributed by atoms with Gasteiger partial charge in [0.2, 0.25) is 10.0 Å². The van der Waals surface area contributed by atoms with Crippen molar-refractivity contribution < 1.29 is 22.7 Å². The Morgan fingerprint density at radius 2 is 1.77 bits per heavy atom. The van der Waals surface area contributed by atoms with E-state index in [1.165, 1.54) is 4.31 Å². The highest BCUT2D eigenvalue weighted by atomic mass is 32.2. The first-order valence-corrected chi connectivity index (χ1v) is 10.3. The van der Waals surface area contributed by atoms with E-state index in [1.54, 1.807) is 41.0 Å². The molecule has 0 atom stereocenters. The Balaban J connectivity index is 1.68. The van der Waals surface area contributed by atoms with Crippen LogP contribution in [-0.2, 0) is 14.8 Å². The molecular formula is C17H23N3O5S. The van der Waals surface area contributed by atoms with Crippen molar-refractivity contribution in [1.82, 2.24) is 9.80 Å². The van der Waals surface area contributed by atoms with Gasteiger partial charge in [-0.1, -0.05) is 6.07 Å². The molecule has 0 N–H and O–H groups in total. The Hall–Kier alpha value is -2.29. The highest BCUT2D eigenvalue weighted by molar-refractivity contribution is 7.93. The van der Waals surface area contributed by atoms with E-state index in [0.29, 0.717) is 57.0 Å². The summed E-state index contributed by atoms with van der Waals surface area (Å²) in [6.07, 6.45) is 0.233. The van der Waals surface area contributed by atoms with Gasteiger partial charge in [-0.2, -0.15) is 0 Å². The molecule has 2 heterocycles. The van der Waals surface area contributed by atoms with Crippen LogP contribution in [0.4, 0.5) is 10.5 Å². The first kappa shape index (κ1) is 18.5. The second-order valence-electron chi connectivity index (χ2n) is 6.27.